The topological polar surface area (TPSA) is 51.8 Å². The van der Waals surface area contributed by atoms with E-state index < -0.39 is 0 Å². The zero-order chi connectivity index (χ0) is 33.7. The first-order valence-electron chi connectivity index (χ1n) is 17.1. The van der Waals surface area contributed by atoms with Crippen LogP contribution in [0.1, 0.15) is 0 Å². The number of hydrogen-bond acceptors (Lipinski definition) is 4. The summed E-state index contributed by atoms with van der Waals surface area (Å²) >= 11 is 0. The van der Waals surface area contributed by atoms with E-state index in [1.54, 1.807) is 0 Å². The summed E-state index contributed by atoms with van der Waals surface area (Å²) in [4.78, 5) is 15.4. The molecule has 0 bridgehead atoms. The van der Waals surface area contributed by atoms with E-state index in [0.717, 1.165) is 71.7 Å². The fraction of sp³-hybridized carbons (Fsp3) is 0. The number of fused-ring (bicyclic) bond motifs is 5. The molecule has 0 spiro atoms. The summed E-state index contributed by atoms with van der Waals surface area (Å²) in [7, 11) is 0. The largest absolute Gasteiger partial charge is 0.456 e. The van der Waals surface area contributed by atoms with Crippen molar-refractivity contribution in [1.29, 1.82) is 0 Å². The molecule has 4 heteroatoms. The summed E-state index contributed by atoms with van der Waals surface area (Å²) in [5.41, 5.74) is 9.01. The molecule has 2 aromatic heterocycles. The third kappa shape index (κ3) is 5.04. The molecular weight excluding hydrogens is 623 g/mol. The van der Waals surface area contributed by atoms with Crippen molar-refractivity contribution >= 4 is 43.5 Å². The van der Waals surface area contributed by atoms with E-state index in [2.05, 4.69) is 133 Å². The Labute approximate surface area is 294 Å². The van der Waals surface area contributed by atoms with Crippen LogP contribution in [0, 0.1) is 0 Å². The zero-order valence-corrected chi connectivity index (χ0v) is 27.5. The van der Waals surface area contributed by atoms with Crippen molar-refractivity contribution in [2.45, 2.75) is 0 Å². The lowest BCUT2D eigenvalue weighted by Crippen LogP contribution is -2.01. The SMILES string of the molecule is c1ccc(-c2nc(-c3ccccc3-c3ccccc3)nc(-c3cccc4c(-c5ccc6c(c5)oc5cc7ccccc7cc56)cccc34)n2)cc1. The van der Waals surface area contributed by atoms with Gasteiger partial charge in [-0.2, -0.15) is 0 Å². The lowest BCUT2D eigenvalue weighted by molar-refractivity contribution is 0.669. The molecule has 0 atom stereocenters. The molecule has 0 unspecified atom stereocenters. The van der Waals surface area contributed by atoms with Gasteiger partial charge in [0.05, 0.1) is 0 Å². The summed E-state index contributed by atoms with van der Waals surface area (Å²) in [5, 5.41) is 6.80. The van der Waals surface area contributed by atoms with Gasteiger partial charge in [-0.1, -0.05) is 152 Å². The Morgan fingerprint density at radius 3 is 1.61 bits per heavy atom. The molecule has 0 aliphatic rings. The predicted octanol–water partition coefficient (Wildman–Crippen LogP) is 12.4. The number of furan rings is 1. The Morgan fingerprint density at radius 1 is 0.294 bits per heavy atom. The average Bonchev–Trinajstić information content (AvgIpc) is 3.56. The number of hydrogen-bond donors (Lipinski definition) is 0. The minimum absolute atomic E-state index is 0.629. The molecule has 51 heavy (non-hydrogen) atoms. The molecule has 10 aromatic rings. The highest BCUT2D eigenvalue weighted by Crippen LogP contribution is 2.39. The van der Waals surface area contributed by atoms with Crippen molar-refractivity contribution in [2.75, 3.05) is 0 Å². The van der Waals surface area contributed by atoms with Gasteiger partial charge in [-0.25, -0.2) is 15.0 Å². The van der Waals surface area contributed by atoms with Crippen LogP contribution < -0.4 is 0 Å². The molecule has 0 aliphatic carbocycles. The fourth-order valence-corrected chi connectivity index (χ4v) is 7.27. The van der Waals surface area contributed by atoms with Crippen LogP contribution in [0.25, 0.3) is 99.9 Å². The summed E-state index contributed by atoms with van der Waals surface area (Å²) in [5.74, 6) is 1.90. The Kier molecular flexibility index (Phi) is 6.78. The van der Waals surface area contributed by atoms with Crippen LogP contribution >= 0.6 is 0 Å². The second-order valence-corrected chi connectivity index (χ2v) is 12.8. The monoisotopic (exact) mass is 651 g/mol. The van der Waals surface area contributed by atoms with Crippen LogP contribution in [-0.4, -0.2) is 15.0 Å². The summed E-state index contributed by atoms with van der Waals surface area (Å²) in [6.45, 7) is 0. The second kappa shape index (κ2) is 11.9. The molecular formula is C47H29N3O. The maximum Gasteiger partial charge on any atom is 0.164 e. The number of nitrogens with zero attached hydrogens (tertiary/aromatic N) is 3. The van der Waals surface area contributed by atoms with Gasteiger partial charge in [0.15, 0.2) is 17.5 Å². The van der Waals surface area contributed by atoms with Crippen molar-refractivity contribution in [3.63, 3.8) is 0 Å². The van der Waals surface area contributed by atoms with Crippen molar-refractivity contribution in [3.05, 3.63) is 176 Å². The quantitative estimate of drug-likeness (QED) is 0.186. The van der Waals surface area contributed by atoms with Crippen molar-refractivity contribution in [2.24, 2.45) is 0 Å². The number of rotatable bonds is 5. The highest BCUT2D eigenvalue weighted by Gasteiger charge is 2.18. The van der Waals surface area contributed by atoms with Gasteiger partial charge in [0.1, 0.15) is 11.2 Å². The number of aromatic nitrogens is 3. The normalized spacial score (nSPS) is 11.5. The molecule has 0 saturated heterocycles. The molecule has 8 aromatic carbocycles. The van der Waals surface area contributed by atoms with Crippen molar-refractivity contribution in [3.8, 4) is 56.4 Å². The first kappa shape index (κ1) is 29.0. The van der Waals surface area contributed by atoms with E-state index in [9.17, 15) is 0 Å². The smallest absolute Gasteiger partial charge is 0.164 e. The van der Waals surface area contributed by atoms with Gasteiger partial charge >= 0.3 is 0 Å². The van der Waals surface area contributed by atoms with E-state index in [-0.39, 0.29) is 0 Å². The first-order chi connectivity index (χ1) is 25.3. The van der Waals surface area contributed by atoms with Crippen molar-refractivity contribution in [1.82, 2.24) is 15.0 Å². The molecule has 0 saturated carbocycles. The maximum absolute atomic E-state index is 6.45. The number of benzene rings is 8. The molecule has 2 heterocycles. The maximum atomic E-state index is 6.45. The minimum atomic E-state index is 0.629. The van der Waals surface area contributed by atoms with Crippen LogP contribution in [0.3, 0.4) is 0 Å². The van der Waals surface area contributed by atoms with Gasteiger partial charge < -0.3 is 4.42 Å². The van der Waals surface area contributed by atoms with E-state index >= 15 is 0 Å². The Balaban J connectivity index is 1.14. The zero-order valence-electron chi connectivity index (χ0n) is 27.5. The minimum Gasteiger partial charge on any atom is -0.456 e. The van der Waals surface area contributed by atoms with E-state index in [0.29, 0.717) is 17.5 Å². The Morgan fingerprint density at radius 2 is 0.843 bits per heavy atom. The fourth-order valence-electron chi connectivity index (χ4n) is 7.27. The lowest BCUT2D eigenvalue weighted by Gasteiger charge is -2.14. The van der Waals surface area contributed by atoms with Gasteiger partial charge in [0.25, 0.3) is 0 Å². The van der Waals surface area contributed by atoms with Gasteiger partial charge in [-0.3, -0.25) is 0 Å². The van der Waals surface area contributed by atoms with Crippen LogP contribution in [-0.2, 0) is 0 Å². The average molecular weight is 652 g/mol. The third-order valence-electron chi connectivity index (χ3n) is 9.73. The molecule has 0 amide bonds. The molecule has 0 aliphatic heterocycles. The lowest BCUT2D eigenvalue weighted by atomic mass is 9.94. The van der Waals surface area contributed by atoms with Gasteiger partial charge in [0.2, 0.25) is 0 Å². The van der Waals surface area contributed by atoms with Gasteiger partial charge in [-0.05, 0) is 68.1 Å². The van der Waals surface area contributed by atoms with Crippen LogP contribution in [0.4, 0.5) is 0 Å². The van der Waals surface area contributed by atoms with E-state index in [4.69, 9.17) is 19.4 Å². The van der Waals surface area contributed by atoms with Crippen LogP contribution in [0.2, 0.25) is 0 Å². The highest BCUT2D eigenvalue weighted by molar-refractivity contribution is 6.11. The van der Waals surface area contributed by atoms with E-state index in [1.165, 1.54) is 10.8 Å². The first-order valence-corrected chi connectivity index (χ1v) is 17.1. The Bertz CT molecular complexity index is 2910. The second-order valence-electron chi connectivity index (χ2n) is 12.8. The van der Waals surface area contributed by atoms with E-state index in [1.807, 2.05) is 42.5 Å². The molecule has 10 rings (SSSR count). The highest BCUT2D eigenvalue weighted by atomic mass is 16.3. The predicted molar refractivity (Wildman–Crippen MR) is 209 cm³/mol. The third-order valence-corrected chi connectivity index (χ3v) is 9.73. The van der Waals surface area contributed by atoms with Gasteiger partial charge in [-0.15, -0.1) is 0 Å². The van der Waals surface area contributed by atoms with Crippen LogP contribution in [0.15, 0.2) is 180 Å². The van der Waals surface area contributed by atoms with Crippen LogP contribution in [0.5, 0.6) is 0 Å². The summed E-state index contributed by atoms with van der Waals surface area (Å²) in [6.07, 6.45) is 0. The molecule has 238 valence electrons. The summed E-state index contributed by atoms with van der Waals surface area (Å²) < 4.78 is 6.45. The standard InChI is InChI=1S/C47H29N3O/c1-3-13-30(14-4-1)35-19-9-10-20-40(35)46-48-45(31-15-5-2-6-16-31)49-47(50-46)41-24-12-22-37-36(21-11-23-38(37)41)34-25-26-39-42-27-32-17-7-8-18-33(32)28-44(42)51-43(39)29-34/h1-29H. The molecule has 0 N–H and O–H groups in total. The molecule has 0 fully saturated rings. The summed E-state index contributed by atoms with van der Waals surface area (Å²) in [6, 6.07) is 61.0. The molecule has 4 nitrogen and oxygen atoms in total. The Hall–Kier alpha value is -6.91. The van der Waals surface area contributed by atoms with Crippen molar-refractivity contribution < 1.29 is 4.42 Å². The molecule has 0 radical (unpaired) electrons. The van der Waals surface area contributed by atoms with Gasteiger partial charge in [0, 0.05) is 27.5 Å².